The van der Waals surface area contributed by atoms with Crippen LogP contribution in [0.2, 0.25) is 0 Å². The third kappa shape index (κ3) is 2.44. The third-order valence-electron chi connectivity index (χ3n) is 2.06. The van der Waals surface area contributed by atoms with Crippen LogP contribution in [0.15, 0.2) is 29.0 Å². The Balaban J connectivity index is 2.28. The number of amides is 1. The monoisotopic (exact) mass is 298 g/mol. The first-order chi connectivity index (χ1) is 8.08. The van der Waals surface area contributed by atoms with E-state index in [0.717, 1.165) is 6.07 Å². The van der Waals surface area contributed by atoms with Crippen LogP contribution < -0.4 is 11.1 Å². The highest BCUT2D eigenvalue weighted by molar-refractivity contribution is 9.10. The molecule has 2 aromatic rings. The van der Waals surface area contributed by atoms with Gasteiger partial charge in [0.2, 0.25) is 5.95 Å². The molecule has 0 atom stereocenters. The molecule has 0 aliphatic heterocycles. The maximum atomic E-state index is 13.1. The number of benzene rings is 1. The average Bonchev–Trinajstić information content (AvgIpc) is 2.76. The molecule has 17 heavy (non-hydrogen) atoms. The van der Waals surface area contributed by atoms with Gasteiger partial charge in [0.25, 0.3) is 5.91 Å². The van der Waals surface area contributed by atoms with Gasteiger partial charge >= 0.3 is 0 Å². The second-order valence-corrected chi connectivity index (χ2v) is 4.10. The molecule has 7 heteroatoms. The lowest BCUT2D eigenvalue weighted by Crippen LogP contribution is -2.14. The Kier molecular flexibility index (Phi) is 3.10. The van der Waals surface area contributed by atoms with Gasteiger partial charge in [0.15, 0.2) is 0 Å². The van der Waals surface area contributed by atoms with Gasteiger partial charge < -0.3 is 10.7 Å². The standard InChI is InChI=1S/C10H8BrFN4O/c11-6-4-7(12)8(13)3-5(6)9(17)16-10-14-1-2-15-10/h1-4H,13H2,(H2,14,15,16,17). The lowest BCUT2D eigenvalue weighted by molar-refractivity contribution is 0.102. The zero-order valence-corrected chi connectivity index (χ0v) is 10.1. The molecule has 0 unspecified atom stereocenters. The lowest BCUT2D eigenvalue weighted by Gasteiger charge is -2.06. The molecule has 0 bridgehead atoms. The number of anilines is 2. The smallest absolute Gasteiger partial charge is 0.259 e. The Morgan fingerprint density at radius 3 is 2.94 bits per heavy atom. The van der Waals surface area contributed by atoms with Crippen molar-refractivity contribution in [3.8, 4) is 0 Å². The first-order valence-corrected chi connectivity index (χ1v) is 5.42. The van der Waals surface area contributed by atoms with E-state index in [9.17, 15) is 9.18 Å². The molecule has 1 aromatic heterocycles. The maximum absolute atomic E-state index is 13.1. The van der Waals surface area contributed by atoms with Gasteiger partial charge in [-0.2, -0.15) is 0 Å². The second kappa shape index (κ2) is 4.54. The van der Waals surface area contributed by atoms with Crippen LogP contribution in [0.4, 0.5) is 16.0 Å². The van der Waals surface area contributed by atoms with E-state index in [0.29, 0.717) is 10.4 Å². The number of H-pyrrole nitrogens is 1. The number of hydrogen-bond donors (Lipinski definition) is 3. The van der Waals surface area contributed by atoms with Crippen LogP contribution in [-0.2, 0) is 0 Å². The molecule has 0 fully saturated rings. The molecule has 0 aliphatic carbocycles. The summed E-state index contributed by atoms with van der Waals surface area (Å²) < 4.78 is 13.4. The minimum atomic E-state index is -0.577. The molecule has 5 nitrogen and oxygen atoms in total. The molecular formula is C10H8BrFN4O. The summed E-state index contributed by atoms with van der Waals surface area (Å²) >= 11 is 3.10. The summed E-state index contributed by atoms with van der Waals surface area (Å²) in [6.45, 7) is 0. The van der Waals surface area contributed by atoms with E-state index in [-0.39, 0.29) is 11.3 Å². The van der Waals surface area contributed by atoms with E-state index in [2.05, 4.69) is 31.2 Å². The highest BCUT2D eigenvalue weighted by Gasteiger charge is 2.14. The molecule has 4 N–H and O–H groups in total. The molecule has 1 aromatic carbocycles. The van der Waals surface area contributed by atoms with Gasteiger partial charge in [0.1, 0.15) is 5.82 Å². The van der Waals surface area contributed by atoms with Crippen LogP contribution in [0.3, 0.4) is 0 Å². The number of carbonyl (C=O) groups excluding carboxylic acids is 1. The minimum absolute atomic E-state index is 0.0854. The van der Waals surface area contributed by atoms with Crippen molar-refractivity contribution in [2.75, 3.05) is 11.1 Å². The SMILES string of the molecule is Nc1cc(C(=O)Nc2ncc[nH]2)c(Br)cc1F. The fraction of sp³-hybridized carbons (Fsp3) is 0. The first-order valence-electron chi connectivity index (χ1n) is 4.63. The zero-order chi connectivity index (χ0) is 12.4. The van der Waals surface area contributed by atoms with Gasteiger partial charge in [0, 0.05) is 16.9 Å². The van der Waals surface area contributed by atoms with Crippen molar-refractivity contribution < 1.29 is 9.18 Å². The van der Waals surface area contributed by atoms with Gasteiger partial charge in [0.05, 0.1) is 11.3 Å². The van der Waals surface area contributed by atoms with Gasteiger partial charge in [-0.05, 0) is 28.1 Å². The van der Waals surface area contributed by atoms with Crippen LogP contribution >= 0.6 is 15.9 Å². The Labute approximate surface area is 104 Å². The van der Waals surface area contributed by atoms with E-state index in [1.54, 1.807) is 6.20 Å². The number of aromatic nitrogens is 2. The summed E-state index contributed by atoms with van der Waals surface area (Å²) in [7, 11) is 0. The number of imidazole rings is 1. The van der Waals surface area contributed by atoms with Crippen molar-refractivity contribution >= 4 is 33.5 Å². The third-order valence-corrected chi connectivity index (χ3v) is 2.72. The molecule has 1 amide bonds. The summed E-state index contributed by atoms with van der Waals surface area (Å²) in [5, 5.41) is 2.51. The van der Waals surface area contributed by atoms with Crippen LogP contribution in [-0.4, -0.2) is 15.9 Å². The largest absolute Gasteiger partial charge is 0.396 e. The van der Waals surface area contributed by atoms with Gasteiger partial charge in [-0.3, -0.25) is 10.1 Å². The van der Waals surface area contributed by atoms with E-state index in [1.807, 2.05) is 0 Å². The molecule has 1 heterocycles. The molecule has 88 valence electrons. The number of nitrogens with two attached hydrogens (primary N) is 1. The van der Waals surface area contributed by atoms with Gasteiger partial charge in [-0.1, -0.05) is 0 Å². The second-order valence-electron chi connectivity index (χ2n) is 3.25. The number of halogens is 2. The summed E-state index contributed by atoms with van der Waals surface area (Å²) in [6, 6.07) is 2.41. The minimum Gasteiger partial charge on any atom is -0.396 e. The highest BCUT2D eigenvalue weighted by atomic mass is 79.9. The number of nitrogen functional groups attached to an aromatic ring is 1. The van der Waals surface area contributed by atoms with Crippen LogP contribution in [0, 0.1) is 5.82 Å². The van der Waals surface area contributed by atoms with E-state index >= 15 is 0 Å². The molecule has 0 spiro atoms. The summed E-state index contributed by atoms with van der Waals surface area (Å²) in [5.41, 5.74) is 5.55. The topological polar surface area (TPSA) is 83.8 Å². The molecule has 2 rings (SSSR count). The molecule has 0 saturated carbocycles. The molecule has 0 saturated heterocycles. The van der Waals surface area contributed by atoms with Crippen molar-refractivity contribution in [3.63, 3.8) is 0 Å². The van der Waals surface area contributed by atoms with Gasteiger partial charge in [-0.15, -0.1) is 0 Å². The van der Waals surface area contributed by atoms with E-state index < -0.39 is 11.7 Å². The Morgan fingerprint density at radius 1 is 1.53 bits per heavy atom. The summed E-state index contributed by atoms with van der Waals surface area (Å²) in [4.78, 5) is 18.4. The number of carbonyl (C=O) groups is 1. The summed E-state index contributed by atoms with van der Waals surface area (Å²) in [6.07, 6.45) is 3.08. The molecular weight excluding hydrogens is 291 g/mol. The molecule has 0 radical (unpaired) electrons. The number of hydrogen-bond acceptors (Lipinski definition) is 3. The van der Waals surface area contributed by atoms with Crippen molar-refractivity contribution in [2.45, 2.75) is 0 Å². The highest BCUT2D eigenvalue weighted by Crippen LogP contribution is 2.23. The fourth-order valence-corrected chi connectivity index (χ4v) is 1.74. The lowest BCUT2D eigenvalue weighted by atomic mass is 10.2. The van der Waals surface area contributed by atoms with E-state index in [1.165, 1.54) is 12.3 Å². The predicted octanol–water partition coefficient (Wildman–Crippen LogP) is 2.15. The zero-order valence-electron chi connectivity index (χ0n) is 8.50. The van der Waals surface area contributed by atoms with Crippen LogP contribution in [0.1, 0.15) is 10.4 Å². The maximum Gasteiger partial charge on any atom is 0.259 e. The van der Waals surface area contributed by atoms with Crippen molar-refractivity contribution in [1.29, 1.82) is 0 Å². The Morgan fingerprint density at radius 2 is 2.29 bits per heavy atom. The Bertz CT molecular complexity index is 556. The summed E-state index contributed by atoms with van der Waals surface area (Å²) in [5.74, 6) is -0.699. The van der Waals surface area contributed by atoms with Gasteiger partial charge in [-0.25, -0.2) is 9.37 Å². The van der Waals surface area contributed by atoms with Crippen LogP contribution in [0.5, 0.6) is 0 Å². The van der Waals surface area contributed by atoms with E-state index in [4.69, 9.17) is 5.73 Å². The number of aromatic amines is 1. The number of nitrogens with zero attached hydrogens (tertiary/aromatic N) is 1. The number of nitrogens with one attached hydrogen (secondary N) is 2. The first kappa shape index (κ1) is 11.6. The average molecular weight is 299 g/mol. The van der Waals surface area contributed by atoms with Crippen molar-refractivity contribution in [3.05, 3.63) is 40.4 Å². The fourth-order valence-electron chi connectivity index (χ4n) is 1.25. The quantitative estimate of drug-likeness (QED) is 0.743. The molecule has 0 aliphatic rings. The Hall–Kier alpha value is -1.89. The predicted molar refractivity (Wildman–Crippen MR) is 65.1 cm³/mol. The van der Waals surface area contributed by atoms with Crippen molar-refractivity contribution in [2.24, 2.45) is 0 Å². The van der Waals surface area contributed by atoms with Crippen LogP contribution in [0.25, 0.3) is 0 Å². The number of rotatable bonds is 2. The normalized spacial score (nSPS) is 10.2. The van der Waals surface area contributed by atoms with Crippen molar-refractivity contribution in [1.82, 2.24) is 9.97 Å².